The first-order valence-electron chi connectivity index (χ1n) is 5.69. The predicted octanol–water partition coefficient (Wildman–Crippen LogP) is -0.347. The number of fused-ring (bicyclic) bond motifs is 1. The third kappa shape index (κ3) is 2.44. The average molecular weight is 227 g/mol. The zero-order valence-electron chi connectivity index (χ0n) is 9.03. The highest BCUT2D eigenvalue weighted by molar-refractivity contribution is 5.77. The minimum absolute atomic E-state index is 0.0907. The van der Waals surface area contributed by atoms with Gasteiger partial charge in [0.25, 0.3) is 0 Å². The van der Waals surface area contributed by atoms with Crippen molar-refractivity contribution in [1.82, 2.24) is 16.0 Å². The topological polar surface area (TPSA) is 90.5 Å². The highest BCUT2D eigenvalue weighted by Gasteiger charge is 2.41. The molecule has 16 heavy (non-hydrogen) atoms. The summed E-state index contributed by atoms with van der Waals surface area (Å²) >= 11 is 0. The van der Waals surface area contributed by atoms with E-state index in [9.17, 15) is 9.59 Å². The molecule has 6 heteroatoms. The lowest BCUT2D eigenvalue weighted by atomic mass is 10.0. The normalized spacial score (nSPS) is 32.0. The van der Waals surface area contributed by atoms with Gasteiger partial charge in [-0.2, -0.15) is 0 Å². The Balaban J connectivity index is 1.70. The molecule has 2 fully saturated rings. The van der Waals surface area contributed by atoms with E-state index in [1.165, 1.54) is 0 Å². The fourth-order valence-electron chi connectivity index (χ4n) is 2.44. The van der Waals surface area contributed by atoms with Gasteiger partial charge in [0.2, 0.25) is 0 Å². The van der Waals surface area contributed by atoms with Crippen LogP contribution >= 0.6 is 0 Å². The van der Waals surface area contributed by atoms with Gasteiger partial charge in [-0.15, -0.1) is 0 Å². The molecule has 0 aromatic rings. The van der Waals surface area contributed by atoms with Gasteiger partial charge in [0, 0.05) is 19.0 Å². The van der Waals surface area contributed by atoms with Crippen molar-refractivity contribution in [1.29, 1.82) is 0 Å². The summed E-state index contributed by atoms with van der Waals surface area (Å²) in [5, 5.41) is 17.6. The molecule has 0 aliphatic carbocycles. The number of hydrogen-bond donors (Lipinski definition) is 4. The van der Waals surface area contributed by atoms with Crippen LogP contribution in [0.4, 0.5) is 4.79 Å². The average Bonchev–Trinajstić information content (AvgIpc) is 2.72. The van der Waals surface area contributed by atoms with Crippen molar-refractivity contribution in [3.8, 4) is 0 Å². The third-order valence-electron chi connectivity index (χ3n) is 3.24. The lowest BCUT2D eigenvalue weighted by Gasteiger charge is -2.16. The Labute approximate surface area is 93.8 Å². The number of hydrogen-bond acceptors (Lipinski definition) is 3. The van der Waals surface area contributed by atoms with Crippen molar-refractivity contribution in [2.45, 2.75) is 43.8 Å². The number of unbranched alkanes of at least 4 members (excludes halogenated alkanes) is 1. The van der Waals surface area contributed by atoms with E-state index in [0.717, 1.165) is 19.4 Å². The number of carbonyl (C=O) groups is 2. The molecule has 3 unspecified atom stereocenters. The number of urea groups is 1. The first-order valence-corrected chi connectivity index (χ1v) is 5.69. The molecule has 4 N–H and O–H groups in total. The summed E-state index contributed by atoms with van der Waals surface area (Å²) < 4.78 is 0. The maximum absolute atomic E-state index is 11.1. The summed E-state index contributed by atoms with van der Waals surface area (Å²) in [5.74, 6) is -0.743. The van der Waals surface area contributed by atoms with Gasteiger partial charge in [0.1, 0.15) is 0 Å². The van der Waals surface area contributed by atoms with Gasteiger partial charge in [0.15, 0.2) is 0 Å². The standard InChI is InChI=1S/C10H17N3O3/c14-8(15)4-2-1-3-6-9-7(5-11-6)12-10(16)13-9/h6-7,9,11H,1-5H2,(H,14,15)(H2,12,13,16). The zero-order valence-corrected chi connectivity index (χ0v) is 9.03. The third-order valence-corrected chi connectivity index (χ3v) is 3.24. The fourth-order valence-corrected chi connectivity index (χ4v) is 2.44. The number of nitrogens with one attached hydrogen (secondary N) is 3. The SMILES string of the molecule is O=C(O)CCCCC1NCC2NC(=O)NC12. The Morgan fingerprint density at radius 1 is 1.38 bits per heavy atom. The maximum atomic E-state index is 11.1. The first kappa shape index (κ1) is 11.2. The van der Waals surface area contributed by atoms with E-state index in [4.69, 9.17) is 5.11 Å². The van der Waals surface area contributed by atoms with Gasteiger partial charge >= 0.3 is 12.0 Å². The second kappa shape index (κ2) is 4.69. The number of rotatable bonds is 5. The summed E-state index contributed by atoms with van der Waals surface area (Å²) in [5.41, 5.74) is 0. The van der Waals surface area contributed by atoms with E-state index in [-0.39, 0.29) is 30.6 Å². The molecular formula is C10H17N3O3. The van der Waals surface area contributed by atoms with Crippen LogP contribution < -0.4 is 16.0 Å². The van der Waals surface area contributed by atoms with Crippen molar-refractivity contribution >= 4 is 12.0 Å². The number of aliphatic carboxylic acids is 1. The van der Waals surface area contributed by atoms with E-state index < -0.39 is 5.97 Å². The molecule has 3 atom stereocenters. The number of carboxylic acid groups (broad SMARTS) is 1. The van der Waals surface area contributed by atoms with Crippen LogP contribution in [0, 0.1) is 0 Å². The molecule has 2 saturated heterocycles. The summed E-state index contributed by atoms with van der Waals surface area (Å²) in [6, 6.07) is 0.541. The molecule has 0 aromatic heterocycles. The molecule has 2 aliphatic heterocycles. The van der Waals surface area contributed by atoms with Gasteiger partial charge in [0.05, 0.1) is 12.1 Å². The highest BCUT2D eigenvalue weighted by atomic mass is 16.4. The van der Waals surface area contributed by atoms with Crippen molar-refractivity contribution in [2.24, 2.45) is 0 Å². The largest absolute Gasteiger partial charge is 0.481 e. The Bertz CT molecular complexity index is 295. The lowest BCUT2D eigenvalue weighted by Crippen LogP contribution is -2.40. The number of carbonyl (C=O) groups excluding carboxylic acids is 1. The van der Waals surface area contributed by atoms with Crippen molar-refractivity contribution in [3.05, 3.63) is 0 Å². The molecule has 90 valence electrons. The Morgan fingerprint density at radius 3 is 2.94 bits per heavy atom. The second-order valence-corrected chi connectivity index (χ2v) is 4.40. The van der Waals surface area contributed by atoms with Crippen LogP contribution in [0.25, 0.3) is 0 Å². The molecule has 2 heterocycles. The van der Waals surface area contributed by atoms with Crippen LogP contribution in [0.15, 0.2) is 0 Å². The summed E-state index contributed by atoms with van der Waals surface area (Å²) in [4.78, 5) is 21.4. The molecule has 6 nitrogen and oxygen atoms in total. The van der Waals surface area contributed by atoms with Crippen LogP contribution in [-0.2, 0) is 4.79 Å². The molecule has 0 spiro atoms. The minimum Gasteiger partial charge on any atom is -0.481 e. The molecule has 2 rings (SSSR count). The zero-order chi connectivity index (χ0) is 11.5. The van der Waals surface area contributed by atoms with Gasteiger partial charge < -0.3 is 21.1 Å². The van der Waals surface area contributed by atoms with Crippen molar-refractivity contribution in [3.63, 3.8) is 0 Å². The molecule has 0 bridgehead atoms. The number of amides is 2. The number of carboxylic acids is 1. The van der Waals surface area contributed by atoms with Crippen LogP contribution in [0.2, 0.25) is 0 Å². The van der Waals surface area contributed by atoms with Crippen LogP contribution in [0.5, 0.6) is 0 Å². The Hall–Kier alpha value is -1.30. The van der Waals surface area contributed by atoms with E-state index in [2.05, 4.69) is 16.0 Å². The second-order valence-electron chi connectivity index (χ2n) is 4.40. The van der Waals surface area contributed by atoms with Crippen molar-refractivity contribution < 1.29 is 14.7 Å². The summed E-state index contributed by atoms with van der Waals surface area (Å²) in [6.07, 6.45) is 2.72. The van der Waals surface area contributed by atoms with Crippen molar-refractivity contribution in [2.75, 3.05) is 6.54 Å². The minimum atomic E-state index is -0.743. The monoisotopic (exact) mass is 227 g/mol. The Morgan fingerprint density at radius 2 is 2.19 bits per heavy atom. The van der Waals surface area contributed by atoms with Gasteiger partial charge in [-0.1, -0.05) is 6.42 Å². The molecule has 0 aromatic carbocycles. The van der Waals surface area contributed by atoms with E-state index >= 15 is 0 Å². The van der Waals surface area contributed by atoms with Gasteiger partial charge in [-0.3, -0.25) is 4.79 Å². The summed E-state index contributed by atoms with van der Waals surface area (Å²) in [7, 11) is 0. The van der Waals surface area contributed by atoms with Gasteiger partial charge in [-0.25, -0.2) is 4.79 Å². The molecule has 0 radical (unpaired) electrons. The van der Waals surface area contributed by atoms with E-state index in [1.807, 2.05) is 0 Å². The molecular weight excluding hydrogens is 210 g/mol. The molecule has 0 saturated carbocycles. The predicted molar refractivity (Wildman–Crippen MR) is 57.1 cm³/mol. The molecule has 2 amide bonds. The molecule has 2 aliphatic rings. The van der Waals surface area contributed by atoms with Gasteiger partial charge in [-0.05, 0) is 12.8 Å². The smallest absolute Gasteiger partial charge is 0.315 e. The van der Waals surface area contributed by atoms with Crippen LogP contribution in [-0.4, -0.2) is 41.8 Å². The first-order chi connectivity index (χ1) is 7.66. The van der Waals surface area contributed by atoms with Crippen LogP contribution in [0.3, 0.4) is 0 Å². The van der Waals surface area contributed by atoms with E-state index in [1.54, 1.807) is 0 Å². The van der Waals surface area contributed by atoms with Crippen LogP contribution in [0.1, 0.15) is 25.7 Å². The fraction of sp³-hybridized carbons (Fsp3) is 0.800. The lowest BCUT2D eigenvalue weighted by molar-refractivity contribution is -0.137. The summed E-state index contributed by atoms with van der Waals surface area (Å²) in [6.45, 7) is 0.799. The maximum Gasteiger partial charge on any atom is 0.315 e. The highest BCUT2D eigenvalue weighted by Crippen LogP contribution is 2.17. The quantitative estimate of drug-likeness (QED) is 0.483. The Kier molecular flexibility index (Phi) is 3.28. The van der Waals surface area contributed by atoms with E-state index in [0.29, 0.717) is 6.42 Å².